The lowest BCUT2D eigenvalue weighted by Crippen LogP contribution is -2.35. The summed E-state index contributed by atoms with van der Waals surface area (Å²) in [4.78, 5) is 15.1. The van der Waals surface area contributed by atoms with Crippen LogP contribution in [0.1, 0.15) is 25.3 Å². The van der Waals surface area contributed by atoms with Gasteiger partial charge in [-0.15, -0.1) is 0 Å². The monoisotopic (exact) mass is 273 g/mol. The molecule has 2 N–H and O–H groups in total. The zero-order chi connectivity index (χ0) is 14.4. The van der Waals surface area contributed by atoms with Crippen molar-refractivity contribution >= 4 is 5.97 Å². The number of hydrogen-bond donors (Lipinski definition) is 2. The van der Waals surface area contributed by atoms with E-state index in [9.17, 15) is 4.79 Å². The van der Waals surface area contributed by atoms with Gasteiger partial charge in [0.2, 0.25) is 0 Å². The van der Waals surface area contributed by atoms with E-state index >= 15 is 0 Å². The molecule has 2 rings (SSSR count). The number of nitrogens with one attached hydrogen (secondary N) is 1. The number of benzene rings is 1. The van der Waals surface area contributed by atoms with Crippen molar-refractivity contribution in [1.82, 2.24) is 14.9 Å². The molecule has 0 aliphatic carbocycles. The standard InChI is InChI=1S/C15H19N3O2/c1-2-3-14(15(19)20)17-10-12-4-6-13(7-5-12)18-9-8-16-11-18/h4-9,11,14,17H,2-3,10H2,1H3,(H,19,20). The molecule has 1 atom stereocenters. The van der Waals surface area contributed by atoms with Gasteiger partial charge in [0.25, 0.3) is 0 Å². The first kappa shape index (κ1) is 14.3. The van der Waals surface area contributed by atoms with Crippen LogP contribution in [0.15, 0.2) is 43.0 Å². The third kappa shape index (κ3) is 3.68. The van der Waals surface area contributed by atoms with Crippen molar-refractivity contribution in [3.63, 3.8) is 0 Å². The normalized spacial score (nSPS) is 12.2. The molecule has 1 heterocycles. The molecule has 1 aromatic heterocycles. The molecule has 0 aliphatic heterocycles. The molecule has 0 amide bonds. The first-order valence-corrected chi connectivity index (χ1v) is 6.74. The van der Waals surface area contributed by atoms with E-state index in [0.717, 1.165) is 17.7 Å². The highest BCUT2D eigenvalue weighted by Crippen LogP contribution is 2.09. The van der Waals surface area contributed by atoms with Gasteiger partial charge in [-0.1, -0.05) is 25.5 Å². The molecule has 0 radical (unpaired) electrons. The van der Waals surface area contributed by atoms with Crippen LogP contribution in [-0.2, 0) is 11.3 Å². The van der Waals surface area contributed by atoms with Crippen molar-refractivity contribution in [2.75, 3.05) is 0 Å². The van der Waals surface area contributed by atoms with E-state index in [4.69, 9.17) is 5.11 Å². The number of carbonyl (C=O) groups is 1. The molecule has 0 aliphatic rings. The van der Waals surface area contributed by atoms with E-state index in [-0.39, 0.29) is 0 Å². The van der Waals surface area contributed by atoms with E-state index in [1.165, 1.54) is 0 Å². The number of rotatable bonds is 7. The summed E-state index contributed by atoms with van der Waals surface area (Å²) >= 11 is 0. The van der Waals surface area contributed by atoms with Crippen LogP contribution in [0, 0.1) is 0 Å². The minimum atomic E-state index is -0.790. The average Bonchev–Trinajstić information content (AvgIpc) is 2.98. The van der Waals surface area contributed by atoms with Crippen LogP contribution < -0.4 is 5.32 Å². The molecule has 0 spiro atoms. The predicted molar refractivity (Wildman–Crippen MR) is 76.7 cm³/mol. The molecule has 0 bridgehead atoms. The summed E-state index contributed by atoms with van der Waals surface area (Å²) in [5.41, 5.74) is 2.10. The number of hydrogen-bond acceptors (Lipinski definition) is 3. The summed E-state index contributed by atoms with van der Waals surface area (Å²) in [6.07, 6.45) is 6.85. The Balaban J connectivity index is 1.95. The van der Waals surface area contributed by atoms with Crippen LogP contribution in [0.2, 0.25) is 0 Å². The van der Waals surface area contributed by atoms with Crippen LogP contribution >= 0.6 is 0 Å². The Hall–Kier alpha value is -2.14. The molecule has 0 fully saturated rings. The van der Waals surface area contributed by atoms with Crippen molar-refractivity contribution in [3.05, 3.63) is 48.5 Å². The van der Waals surface area contributed by atoms with Gasteiger partial charge in [0.1, 0.15) is 6.04 Å². The molecular formula is C15H19N3O2. The van der Waals surface area contributed by atoms with Gasteiger partial charge in [-0.05, 0) is 24.1 Å². The molecule has 106 valence electrons. The zero-order valence-corrected chi connectivity index (χ0v) is 11.5. The predicted octanol–water partition coefficient (Wildman–Crippen LogP) is 2.22. The van der Waals surface area contributed by atoms with Crippen molar-refractivity contribution < 1.29 is 9.90 Å². The largest absolute Gasteiger partial charge is 0.480 e. The maximum atomic E-state index is 11.0. The summed E-state index contributed by atoms with van der Waals surface area (Å²) in [7, 11) is 0. The molecule has 20 heavy (non-hydrogen) atoms. The van der Waals surface area contributed by atoms with Gasteiger partial charge in [0.15, 0.2) is 0 Å². The Morgan fingerprint density at radius 2 is 2.15 bits per heavy atom. The maximum absolute atomic E-state index is 11.0. The van der Waals surface area contributed by atoms with Gasteiger partial charge in [-0.25, -0.2) is 4.98 Å². The van der Waals surface area contributed by atoms with Crippen LogP contribution in [-0.4, -0.2) is 26.7 Å². The summed E-state index contributed by atoms with van der Waals surface area (Å²) in [5.74, 6) is -0.790. The molecule has 1 aromatic carbocycles. The topological polar surface area (TPSA) is 67.2 Å². The lowest BCUT2D eigenvalue weighted by molar-refractivity contribution is -0.139. The van der Waals surface area contributed by atoms with Gasteiger partial charge in [-0.2, -0.15) is 0 Å². The van der Waals surface area contributed by atoms with Gasteiger partial charge in [0.05, 0.1) is 6.33 Å². The van der Waals surface area contributed by atoms with Crippen LogP contribution in [0.5, 0.6) is 0 Å². The van der Waals surface area contributed by atoms with Gasteiger partial charge in [0, 0.05) is 24.6 Å². The molecular weight excluding hydrogens is 254 g/mol. The van der Waals surface area contributed by atoms with E-state index in [1.807, 2.05) is 42.0 Å². The average molecular weight is 273 g/mol. The Morgan fingerprint density at radius 1 is 1.40 bits per heavy atom. The number of imidazole rings is 1. The number of aromatic nitrogens is 2. The molecule has 5 nitrogen and oxygen atoms in total. The number of aliphatic carboxylic acids is 1. The Morgan fingerprint density at radius 3 is 2.70 bits per heavy atom. The molecule has 0 saturated heterocycles. The fraction of sp³-hybridized carbons (Fsp3) is 0.333. The zero-order valence-electron chi connectivity index (χ0n) is 11.5. The maximum Gasteiger partial charge on any atom is 0.320 e. The Kier molecular flexibility index (Phi) is 4.90. The lowest BCUT2D eigenvalue weighted by atomic mass is 10.1. The number of nitrogens with zero attached hydrogens (tertiary/aromatic N) is 2. The van der Waals surface area contributed by atoms with Crippen LogP contribution in [0.3, 0.4) is 0 Å². The minimum absolute atomic E-state index is 0.478. The molecule has 1 unspecified atom stereocenters. The smallest absolute Gasteiger partial charge is 0.320 e. The van der Waals surface area contributed by atoms with Crippen LogP contribution in [0.4, 0.5) is 0 Å². The van der Waals surface area contributed by atoms with Crippen molar-refractivity contribution in [2.45, 2.75) is 32.4 Å². The summed E-state index contributed by atoms with van der Waals surface area (Å²) < 4.78 is 1.92. The fourth-order valence-electron chi connectivity index (χ4n) is 2.04. The first-order valence-electron chi connectivity index (χ1n) is 6.74. The van der Waals surface area contributed by atoms with Crippen molar-refractivity contribution in [2.24, 2.45) is 0 Å². The fourth-order valence-corrected chi connectivity index (χ4v) is 2.04. The van der Waals surface area contributed by atoms with E-state index < -0.39 is 12.0 Å². The van der Waals surface area contributed by atoms with Gasteiger partial charge < -0.3 is 15.0 Å². The van der Waals surface area contributed by atoms with E-state index in [1.54, 1.807) is 12.5 Å². The Labute approximate surface area is 118 Å². The third-order valence-electron chi connectivity index (χ3n) is 3.17. The Bertz CT molecular complexity index is 535. The lowest BCUT2D eigenvalue weighted by Gasteiger charge is -2.13. The SMILES string of the molecule is CCCC(NCc1ccc(-n2ccnc2)cc1)C(=O)O. The number of carboxylic acids is 1. The second-order valence-corrected chi connectivity index (χ2v) is 4.70. The van der Waals surface area contributed by atoms with Crippen molar-refractivity contribution in [3.8, 4) is 5.69 Å². The summed E-state index contributed by atoms with van der Waals surface area (Å²) in [6.45, 7) is 2.54. The van der Waals surface area contributed by atoms with Gasteiger partial charge >= 0.3 is 5.97 Å². The second kappa shape index (κ2) is 6.86. The highest BCUT2D eigenvalue weighted by molar-refractivity contribution is 5.73. The molecule has 0 saturated carbocycles. The molecule has 5 heteroatoms. The minimum Gasteiger partial charge on any atom is -0.480 e. The quantitative estimate of drug-likeness (QED) is 0.811. The van der Waals surface area contributed by atoms with Gasteiger partial charge in [-0.3, -0.25) is 4.79 Å². The molecule has 2 aromatic rings. The highest BCUT2D eigenvalue weighted by Gasteiger charge is 2.14. The third-order valence-corrected chi connectivity index (χ3v) is 3.17. The summed E-state index contributed by atoms with van der Waals surface area (Å²) in [6, 6.07) is 7.50. The highest BCUT2D eigenvalue weighted by atomic mass is 16.4. The van der Waals surface area contributed by atoms with E-state index in [0.29, 0.717) is 13.0 Å². The summed E-state index contributed by atoms with van der Waals surface area (Å²) in [5, 5.41) is 12.2. The van der Waals surface area contributed by atoms with E-state index in [2.05, 4.69) is 10.3 Å². The first-order chi connectivity index (χ1) is 9.70. The number of carboxylic acid groups (broad SMARTS) is 1. The van der Waals surface area contributed by atoms with Crippen LogP contribution in [0.25, 0.3) is 5.69 Å². The second-order valence-electron chi connectivity index (χ2n) is 4.70. The van der Waals surface area contributed by atoms with Crippen molar-refractivity contribution in [1.29, 1.82) is 0 Å².